The van der Waals surface area contributed by atoms with E-state index in [1.165, 1.54) is 0 Å². The molecule has 0 saturated carbocycles. The van der Waals surface area contributed by atoms with Crippen LogP contribution in [0, 0.1) is 30.6 Å². The van der Waals surface area contributed by atoms with Crippen LogP contribution in [0.5, 0.6) is 0 Å². The summed E-state index contributed by atoms with van der Waals surface area (Å²) >= 11 is 0. The third-order valence-electron chi connectivity index (χ3n) is 8.09. The molecule has 0 bridgehead atoms. The molecule has 6 heteroatoms. The Labute approximate surface area is 195 Å². The molecule has 3 heterocycles. The molecule has 0 aromatic heterocycles. The lowest BCUT2D eigenvalue weighted by Crippen LogP contribution is -2.56. The minimum atomic E-state index is -1.55. The van der Waals surface area contributed by atoms with Gasteiger partial charge in [-0.15, -0.1) is 0 Å². The number of rotatable bonds is 0. The fraction of sp³-hybridized carbons (Fsp3) is 0.519. The minimum absolute atomic E-state index is 0.0352. The van der Waals surface area contributed by atoms with E-state index < -0.39 is 11.0 Å². The summed E-state index contributed by atoms with van der Waals surface area (Å²) in [7, 11) is 0. The maximum atomic E-state index is 14.7. The first-order valence-electron chi connectivity index (χ1n) is 11.6. The van der Waals surface area contributed by atoms with Gasteiger partial charge in [0, 0.05) is 23.9 Å². The molecule has 6 nitrogen and oxygen atoms in total. The molecule has 5 rings (SSSR count). The Balaban J connectivity index is 1.99. The SMILES string of the molecule is Cc1cc2c3c(c1C)[C@]1(C(=O)N3C(C)(C)C[C@@H]2C)C(C#N)=C(N)OC2=C1C(=O)CC(C)(C)C2. The van der Waals surface area contributed by atoms with Gasteiger partial charge in [0.2, 0.25) is 11.8 Å². The summed E-state index contributed by atoms with van der Waals surface area (Å²) in [5, 5.41) is 10.3. The van der Waals surface area contributed by atoms with Gasteiger partial charge in [-0.1, -0.05) is 26.8 Å². The van der Waals surface area contributed by atoms with Crippen LogP contribution in [0.25, 0.3) is 0 Å². The lowest BCUT2D eigenvalue weighted by atomic mass is 9.61. The van der Waals surface area contributed by atoms with E-state index in [-0.39, 0.29) is 40.9 Å². The minimum Gasteiger partial charge on any atom is -0.444 e. The topological polar surface area (TPSA) is 96.4 Å². The summed E-state index contributed by atoms with van der Waals surface area (Å²) in [6, 6.07) is 4.36. The summed E-state index contributed by atoms with van der Waals surface area (Å²) < 4.78 is 5.93. The standard InChI is InChI=1S/C27H31N3O3/c1-13-8-16-14(2)9-26(6,7)30-22(16)20(15(13)3)27(24(30)32)17(12-28)23(29)33-19-11-25(4,5)10-18(31)21(19)27/h8,14H,9-11,29H2,1-7H3/t14-,27+/m0/s1. The highest BCUT2D eigenvalue weighted by molar-refractivity contribution is 6.21. The van der Waals surface area contributed by atoms with Gasteiger partial charge < -0.3 is 15.4 Å². The Morgan fingerprint density at radius 2 is 1.85 bits per heavy atom. The Kier molecular flexibility index (Phi) is 4.14. The molecule has 1 aliphatic carbocycles. The number of nitrogens with two attached hydrogens (primary N) is 1. The molecular formula is C27H31N3O3. The number of nitriles is 1. The zero-order valence-corrected chi connectivity index (χ0v) is 20.5. The number of hydrogen-bond acceptors (Lipinski definition) is 5. The molecule has 1 amide bonds. The van der Waals surface area contributed by atoms with Crippen LogP contribution in [0.4, 0.5) is 5.69 Å². The molecule has 4 aliphatic rings. The third-order valence-corrected chi connectivity index (χ3v) is 8.09. The van der Waals surface area contributed by atoms with Crippen molar-refractivity contribution in [1.29, 1.82) is 5.26 Å². The van der Waals surface area contributed by atoms with Crippen LogP contribution in [-0.2, 0) is 19.7 Å². The molecule has 0 saturated heterocycles. The number of anilines is 1. The number of fused-ring (bicyclic) bond motifs is 2. The average Bonchev–Trinajstić information content (AvgIpc) is 2.93. The van der Waals surface area contributed by atoms with Crippen molar-refractivity contribution in [3.63, 3.8) is 0 Å². The Hall–Kier alpha value is -3.07. The van der Waals surface area contributed by atoms with Gasteiger partial charge in [0.15, 0.2) is 5.78 Å². The summed E-state index contributed by atoms with van der Waals surface area (Å²) in [6.07, 6.45) is 1.55. The molecule has 1 aromatic carbocycles. The predicted octanol–water partition coefficient (Wildman–Crippen LogP) is 4.54. The zero-order chi connectivity index (χ0) is 24.2. The van der Waals surface area contributed by atoms with E-state index in [4.69, 9.17) is 10.5 Å². The first-order chi connectivity index (χ1) is 15.3. The summed E-state index contributed by atoms with van der Waals surface area (Å²) in [6.45, 7) is 14.3. The number of carbonyl (C=O) groups is 2. The van der Waals surface area contributed by atoms with Crippen molar-refractivity contribution >= 4 is 17.4 Å². The van der Waals surface area contributed by atoms with Crippen LogP contribution < -0.4 is 10.6 Å². The average molecular weight is 446 g/mol. The fourth-order valence-corrected chi connectivity index (χ4v) is 6.77. The summed E-state index contributed by atoms with van der Waals surface area (Å²) in [5.74, 6) is 0.188. The van der Waals surface area contributed by atoms with E-state index >= 15 is 0 Å². The van der Waals surface area contributed by atoms with Crippen molar-refractivity contribution in [2.45, 2.75) is 84.6 Å². The molecule has 2 atom stereocenters. The van der Waals surface area contributed by atoms with Gasteiger partial charge in [0.05, 0.1) is 11.3 Å². The second kappa shape index (κ2) is 6.28. The lowest BCUT2D eigenvalue weighted by molar-refractivity contribution is -0.126. The smallest absolute Gasteiger partial charge is 0.248 e. The molecule has 33 heavy (non-hydrogen) atoms. The van der Waals surface area contributed by atoms with Gasteiger partial charge in [0.1, 0.15) is 22.8 Å². The highest BCUT2D eigenvalue weighted by Crippen LogP contribution is 2.63. The van der Waals surface area contributed by atoms with E-state index in [9.17, 15) is 14.9 Å². The molecular weight excluding hydrogens is 414 g/mol. The van der Waals surface area contributed by atoms with Crippen LogP contribution in [0.1, 0.15) is 82.1 Å². The van der Waals surface area contributed by atoms with E-state index in [1.54, 1.807) is 0 Å². The van der Waals surface area contributed by atoms with Crippen molar-refractivity contribution in [2.75, 3.05) is 4.90 Å². The molecule has 0 radical (unpaired) electrons. The monoisotopic (exact) mass is 445 g/mol. The van der Waals surface area contributed by atoms with Gasteiger partial charge in [-0.05, 0) is 62.1 Å². The second-order valence-electron chi connectivity index (χ2n) is 11.6. The normalized spacial score (nSPS) is 29.2. The van der Waals surface area contributed by atoms with Crippen molar-refractivity contribution in [3.8, 4) is 6.07 Å². The van der Waals surface area contributed by atoms with Crippen LogP contribution in [0.15, 0.2) is 28.9 Å². The van der Waals surface area contributed by atoms with Crippen molar-refractivity contribution < 1.29 is 14.3 Å². The molecule has 1 spiro atoms. The van der Waals surface area contributed by atoms with Crippen LogP contribution >= 0.6 is 0 Å². The van der Waals surface area contributed by atoms with E-state index in [0.29, 0.717) is 17.8 Å². The summed E-state index contributed by atoms with van der Waals surface area (Å²) in [4.78, 5) is 30.3. The van der Waals surface area contributed by atoms with Crippen LogP contribution in [0.3, 0.4) is 0 Å². The number of ether oxygens (including phenoxy) is 1. The molecule has 3 aliphatic heterocycles. The number of carbonyl (C=O) groups excluding carboxylic acids is 2. The van der Waals surface area contributed by atoms with E-state index in [1.807, 2.05) is 32.6 Å². The first-order valence-corrected chi connectivity index (χ1v) is 11.6. The van der Waals surface area contributed by atoms with Crippen molar-refractivity contribution in [1.82, 2.24) is 0 Å². The van der Waals surface area contributed by atoms with Gasteiger partial charge in [-0.3, -0.25) is 9.59 Å². The molecule has 1 aromatic rings. The van der Waals surface area contributed by atoms with E-state index in [0.717, 1.165) is 34.4 Å². The number of ketones is 1. The van der Waals surface area contributed by atoms with Crippen molar-refractivity contribution in [2.24, 2.45) is 11.1 Å². The summed E-state index contributed by atoms with van der Waals surface area (Å²) in [5.41, 5.74) is 8.98. The Morgan fingerprint density at radius 3 is 2.48 bits per heavy atom. The Morgan fingerprint density at radius 1 is 1.18 bits per heavy atom. The van der Waals surface area contributed by atoms with Crippen LogP contribution in [0.2, 0.25) is 0 Å². The number of nitrogens with zero attached hydrogens (tertiary/aromatic N) is 2. The van der Waals surface area contributed by atoms with Gasteiger partial charge in [0.25, 0.3) is 0 Å². The quantitative estimate of drug-likeness (QED) is 0.632. The molecule has 0 unspecified atom stereocenters. The number of amides is 1. The fourth-order valence-electron chi connectivity index (χ4n) is 6.77. The third kappa shape index (κ3) is 2.48. The maximum absolute atomic E-state index is 14.7. The molecule has 0 fully saturated rings. The molecule has 2 N–H and O–H groups in total. The van der Waals surface area contributed by atoms with E-state index in [2.05, 4.69) is 32.9 Å². The number of allylic oxidation sites excluding steroid dienone is 1. The highest BCUT2D eigenvalue weighted by atomic mass is 16.5. The highest BCUT2D eigenvalue weighted by Gasteiger charge is 2.66. The maximum Gasteiger partial charge on any atom is 0.248 e. The number of benzene rings is 1. The van der Waals surface area contributed by atoms with Gasteiger partial charge in [-0.25, -0.2) is 0 Å². The largest absolute Gasteiger partial charge is 0.444 e. The number of Topliss-reactive ketones (excluding diaryl/α,β-unsaturated/α-hetero) is 1. The zero-order valence-electron chi connectivity index (χ0n) is 20.5. The van der Waals surface area contributed by atoms with Gasteiger partial charge >= 0.3 is 0 Å². The lowest BCUT2D eigenvalue weighted by Gasteiger charge is -2.45. The van der Waals surface area contributed by atoms with Crippen LogP contribution in [-0.4, -0.2) is 17.2 Å². The number of aryl methyl sites for hydroxylation is 1. The second-order valence-corrected chi connectivity index (χ2v) is 11.6. The van der Waals surface area contributed by atoms with Crippen molar-refractivity contribution in [3.05, 3.63) is 51.1 Å². The van der Waals surface area contributed by atoms with Gasteiger partial charge in [-0.2, -0.15) is 5.26 Å². The first kappa shape index (κ1) is 21.8. The Bertz CT molecular complexity index is 1270. The molecule has 172 valence electrons. The predicted molar refractivity (Wildman–Crippen MR) is 125 cm³/mol. The number of hydrogen-bond donors (Lipinski definition) is 1.